The smallest absolute Gasteiger partial charge is 0.379 e. The van der Waals surface area contributed by atoms with Crippen LogP contribution >= 0.6 is 0 Å². The van der Waals surface area contributed by atoms with Crippen LogP contribution in [0.4, 0.5) is 24.8 Å². The Morgan fingerprint density at radius 3 is 2.51 bits per heavy atom. The van der Waals surface area contributed by atoms with Crippen molar-refractivity contribution in [3.8, 4) is 11.1 Å². The van der Waals surface area contributed by atoms with E-state index >= 15 is 0 Å². The SMILES string of the molecule is O=C(Nc1cccc(C(F)(F)F)c1)c1ccc(-c2ccc3nc(NCCCN4CCOCC4)ncc3c2)cc1. The number of hydrogen-bond acceptors (Lipinski definition) is 6. The second-order valence-corrected chi connectivity index (χ2v) is 9.31. The molecule has 5 rings (SSSR count). The minimum atomic E-state index is -4.48. The Bertz CT molecular complexity index is 1440. The molecule has 202 valence electrons. The number of halogens is 3. The summed E-state index contributed by atoms with van der Waals surface area (Å²) >= 11 is 0. The molecule has 10 heteroatoms. The number of aromatic nitrogens is 2. The third kappa shape index (κ3) is 6.90. The summed E-state index contributed by atoms with van der Waals surface area (Å²) in [5.41, 5.74) is 2.24. The number of fused-ring (bicyclic) bond motifs is 1. The summed E-state index contributed by atoms with van der Waals surface area (Å²) in [7, 11) is 0. The molecule has 7 nitrogen and oxygen atoms in total. The lowest BCUT2D eigenvalue weighted by atomic mass is 10.0. The maximum absolute atomic E-state index is 12.9. The molecule has 1 aliphatic heterocycles. The highest BCUT2D eigenvalue weighted by Gasteiger charge is 2.30. The topological polar surface area (TPSA) is 79.4 Å². The first-order valence-corrected chi connectivity index (χ1v) is 12.7. The van der Waals surface area contributed by atoms with Crippen molar-refractivity contribution in [2.45, 2.75) is 12.6 Å². The molecule has 2 heterocycles. The van der Waals surface area contributed by atoms with Crippen molar-refractivity contribution in [3.63, 3.8) is 0 Å². The van der Waals surface area contributed by atoms with Crippen LogP contribution in [0, 0.1) is 0 Å². The molecule has 1 aromatic heterocycles. The number of morpholine rings is 1. The molecule has 1 fully saturated rings. The predicted octanol–water partition coefficient (Wildman–Crippen LogP) is 5.70. The lowest BCUT2D eigenvalue weighted by molar-refractivity contribution is -0.137. The van der Waals surface area contributed by atoms with Crippen LogP contribution in [0.1, 0.15) is 22.3 Å². The van der Waals surface area contributed by atoms with E-state index in [0.717, 1.165) is 80.0 Å². The van der Waals surface area contributed by atoms with Crippen molar-refractivity contribution in [1.29, 1.82) is 0 Å². The zero-order chi connectivity index (χ0) is 27.2. The van der Waals surface area contributed by atoms with Crippen molar-refractivity contribution in [1.82, 2.24) is 14.9 Å². The average Bonchev–Trinajstić information content (AvgIpc) is 2.95. The summed E-state index contributed by atoms with van der Waals surface area (Å²) in [4.78, 5) is 24.0. The van der Waals surface area contributed by atoms with Gasteiger partial charge in [-0.1, -0.05) is 24.3 Å². The molecule has 0 saturated carbocycles. The molecule has 39 heavy (non-hydrogen) atoms. The summed E-state index contributed by atoms with van der Waals surface area (Å²) in [6.07, 6.45) is -1.70. The van der Waals surface area contributed by atoms with Crippen LogP contribution in [-0.2, 0) is 10.9 Å². The summed E-state index contributed by atoms with van der Waals surface area (Å²) in [5.74, 6) is 0.103. The molecule has 0 radical (unpaired) electrons. The Hall–Kier alpha value is -4.02. The van der Waals surface area contributed by atoms with E-state index in [1.807, 2.05) is 18.2 Å². The number of carbonyl (C=O) groups is 1. The van der Waals surface area contributed by atoms with Gasteiger partial charge in [-0.3, -0.25) is 9.69 Å². The Morgan fingerprint density at radius 1 is 0.974 bits per heavy atom. The fraction of sp³-hybridized carbons (Fsp3) is 0.276. The van der Waals surface area contributed by atoms with Gasteiger partial charge in [-0.2, -0.15) is 13.2 Å². The molecule has 0 atom stereocenters. The number of benzene rings is 3. The molecular formula is C29H28F3N5O2. The lowest BCUT2D eigenvalue weighted by Crippen LogP contribution is -2.37. The highest BCUT2D eigenvalue weighted by atomic mass is 19.4. The van der Waals surface area contributed by atoms with Crippen molar-refractivity contribution in [2.24, 2.45) is 0 Å². The van der Waals surface area contributed by atoms with Crippen LogP contribution in [0.15, 0.2) is 72.9 Å². The van der Waals surface area contributed by atoms with Crippen LogP contribution in [0.5, 0.6) is 0 Å². The number of ether oxygens (including phenoxy) is 1. The number of rotatable bonds is 8. The van der Waals surface area contributed by atoms with Gasteiger partial charge < -0.3 is 15.4 Å². The Balaban J connectivity index is 1.19. The van der Waals surface area contributed by atoms with Gasteiger partial charge in [-0.15, -0.1) is 0 Å². The minimum Gasteiger partial charge on any atom is -0.379 e. The maximum atomic E-state index is 12.9. The van der Waals surface area contributed by atoms with E-state index in [1.165, 1.54) is 12.1 Å². The van der Waals surface area contributed by atoms with Gasteiger partial charge in [-0.25, -0.2) is 9.97 Å². The number of nitrogens with zero attached hydrogens (tertiary/aromatic N) is 3. The molecule has 0 spiro atoms. The molecule has 1 amide bonds. The van der Waals surface area contributed by atoms with E-state index in [4.69, 9.17) is 4.74 Å². The standard InChI is InChI=1S/C29H28F3N5O2/c30-29(31,32)24-3-1-4-25(18-24)35-27(38)21-7-5-20(6-8-21)22-9-10-26-23(17-22)19-34-28(36-26)33-11-2-12-37-13-15-39-16-14-37/h1,3-10,17-19H,2,11-16H2,(H,35,38)(H,33,34,36). The van der Waals surface area contributed by atoms with Crippen molar-refractivity contribution >= 4 is 28.4 Å². The fourth-order valence-corrected chi connectivity index (χ4v) is 4.42. The molecular weight excluding hydrogens is 507 g/mol. The zero-order valence-electron chi connectivity index (χ0n) is 21.2. The third-order valence-electron chi connectivity index (χ3n) is 6.55. The quantitative estimate of drug-likeness (QED) is 0.282. The second kappa shape index (κ2) is 11.8. The van der Waals surface area contributed by atoms with Gasteiger partial charge in [0.2, 0.25) is 5.95 Å². The molecule has 3 aromatic carbocycles. The summed E-state index contributed by atoms with van der Waals surface area (Å²) in [5, 5.41) is 6.71. The molecule has 4 aromatic rings. The second-order valence-electron chi connectivity index (χ2n) is 9.31. The van der Waals surface area contributed by atoms with Crippen molar-refractivity contribution in [3.05, 3.63) is 84.1 Å². The molecule has 1 saturated heterocycles. The van der Waals surface area contributed by atoms with E-state index in [1.54, 1.807) is 30.5 Å². The monoisotopic (exact) mass is 535 g/mol. The number of amides is 1. The highest BCUT2D eigenvalue weighted by Crippen LogP contribution is 2.31. The van der Waals surface area contributed by atoms with Gasteiger partial charge in [-0.05, 0) is 66.6 Å². The van der Waals surface area contributed by atoms with Gasteiger partial charge in [0.25, 0.3) is 5.91 Å². The van der Waals surface area contributed by atoms with E-state index in [-0.39, 0.29) is 5.69 Å². The van der Waals surface area contributed by atoms with E-state index < -0.39 is 17.6 Å². The van der Waals surface area contributed by atoms with Gasteiger partial charge in [0.05, 0.1) is 24.3 Å². The average molecular weight is 536 g/mol. The summed E-state index contributed by atoms with van der Waals surface area (Å²) in [6, 6.07) is 17.3. The van der Waals surface area contributed by atoms with Gasteiger partial charge >= 0.3 is 6.18 Å². The lowest BCUT2D eigenvalue weighted by Gasteiger charge is -2.26. The van der Waals surface area contributed by atoms with Crippen LogP contribution in [0.25, 0.3) is 22.0 Å². The predicted molar refractivity (Wildman–Crippen MR) is 145 cm³/mol. The van der Waals surface area contributed by atoms with E-state index in [0.29, 0.717) is 11.5 Å². The van der Waals surface area contributed by atoms with Crippen LogP contribution in [0.2, 0.25) is 0 Å². The van der Waals surface area contributed by atoms with Crippen molar-refractivity contribution < 1.29 is 22.7 Å². The van der Waals surface area contributed by atoms with Gasteiger partial charge in [0, 0.05) is 42.5 Å². The highest BCUT2D eigenvalue weighted by molar-refractivity contribution is 6.04. The largest absolute Gasteiger partial charge is 0.416 e. The summed E-state index contributed by atoms with van der Waals surface area (Å²) < 4.78 is 44.2. The minimum absolute atomic E-state index is 0.0828. The van der Waals surface area contributed by atoms with Crippen LogP contribution in [-0.4, -0.2) is 60.2 Å². The van der Waals surface area contributed by atoms with Crippen LogP contribution < -0.4 is 10.6 Å². The molecule has 0 unspecified atom stereocenters. The number of nitrogens with one attached hydrogen (secondary N) is 2. The Morgan fingerprint density at radius 2 is 1.74 bits per heavy atom. The normalized spacial score (nSPS) is 14.3. The van der Waals surface area contributed by atoms with Gasteiger partial charge in [0.15, 0.2) is 0 Å². The molecule has 0 aliphatic carbocycles. The number of carbonyl (C=O) groups excluding carboxylic acids is 1. The number of alkyl halides is 3. The number of hydrogen-bond donors (Lipinski definition) is 2. The third-order valence-corrected chi connectivity index (χ3v) is 6.55. The first-order chi connectivity index (χ1) is 18.8. The maximum Gasteiger partial charge on any atom is 0.416 e. The van der Waals surface area contributed by atoms with Crippen LogP contribution in [0.3, 0.4) is 0 Å². The number of anilines is 2. The van der Waals surface area contributed by atoms with E-state index in [2.05, 4.69) is 25.5 Å². The summed E-state index contributed by atoms with van der Waals surface area (Å²) in [6.45, 7) is 5.35. The Kier molecular flexibility index (Phi) is 8.04. The van der Waals surface area contributed by atoms with Gasteiger partial charge in [0.1, 0.15) is 0 Å². The van der Waals surface area contributed by atoms with E-state index in [9.17, 15) is 18.0 Å². The molecule has 1 aliphatic rings. The first kappa shape index (κ1) is 26.6. The molecule has 0 bridgehead atoms. The fourth-order valence-electron chi connectivity index (χ4n) is 4.42. The zero-order valence-corrected chi connectivity index (χ0v) is 21.2. The Labute approximate surface area is 224 Å². The molecule has 2 N–H and O–H groups in total. The van der Waals surface area contributed by atoms with Crippen molar-refractivity contribution in [2.75, 3.05) is 50.0 Å². The first-order valence-electron chi connectivity index (χ1n) is 12.7.